The highest BCUT2D eigenvalue weighted by molar-refractivity contribution is 6.09. The molecule has 0 saturated heterocycles. The van der Waals surface area contributed by atoms with Gasteiger partial charge in [-0.3, -0.25) is 9.59 Å². The third-order valence-corrected chi connectivity index (χ3v) is 5.74. The molecule has 0 bridgehead atoms. The van der Waals surface area contributed by atoms with Crippen molar-refractivity contribution in [3.05, 3.63) is 82.4 Å². The minimum absolute atomic E-state index is 0.0269. The predicted molar refractivity (Wildman–Crippen MR) is 119 cm³/mol. The van der Waals surface area contributed by atoms with Crippen molar-refractivity contribution in [1.29, 1.82) is 0 Å². The van der Waals surface area contributed by atoms with Crippen LogP contribution in [0.25, 0.3) is 0 Å². The number of hydrogen-bond donors (Lipinski definition) is 1. The Balaban J connectivity index is 1.97. The lowest BCUT2D eigenvalue weighted by molar-refractivity contribution is -0.129. The van der Waals surface area contributed by atoms with Gasteiger partial charge in [-0.05, 0) is 40.7 Å². The minimum Gasteiger partial charge on any atom is -0.503 e. The maximum absolute atomic E-state index is 13.2. The van der Waals surface area contributed by atoms with Crippen LogP contribution in [0.1, 0.15) is 57.4 Å². The molecule has 2 aromatic carbocycles. The molecule has 31 heavy (non-hydrogen) atoms. The molecule has 1 aliphatic heterocycles. The fraction of sp³-hybridized carbons (Fsp3) is 0.385. The van der Waals surface area contributed by atoms with E-state index < -0.39 is 17.7 Å². The maximum Gasteiger partial charge on any atom is 0.290 e. The number of carbonyl (C=O) groups is 2. The smallest absolute Gasteiger partial charge is 0.290 e. The average Bonchev–Trinajstić information content (AvgIpc) is 2.97. The van der Waals surface area contributed by atoms with Crippen molar-refractivity contribution >= 4 is 11.7 Å². The minimum atomic E-state index is -0.642. The highest BCUT2D eigenvalue weighted by atomic mass is 19.1. The van der Waals surface area contributed by atoms with Gasteiger partial charge in [-0.25, -0.2) is 4.39 Å². The first-order chi connectivity index (χ1) is 14.5. The molecule has 3 rings (SSSR count). The first-order valence-corrected chi connectivity index (χ1v) is 10.6. The number of aliphatic hydroxyl groups is 1. The van der Waals surface area contributed by atoms with Crippen molar-refractivity contribution in [2.24, 2.45) is 5.92 Å². The van der Waals surface area contributed by atoms with Gasteiger partial charge in [-0.1, -0.05) is 71.0 Å². The van der Waals surface area contributed by atoms with E-state index in [-0.39, 0.29) is 28.5 Å². The summed E-state index contributed by atoms with van der Waals surface area (Å²) in [7, 11) is 0. The number of hydrogen-bond acceptors (Lipinski definition) is 3. The monoisotopic (exact) mass is 423 g/mol. The summed E-state index contributed by atoms with van der Waals surface area (Å²) in [6.07, 6.45) is 0.485. The van der Waals surface area contributed by atoms with Gasteiger partial charge in [0.25, 0.3) is 5.91 Å². The van der Waals surface area contributed by atoms with Crippen molar-refractivity contribution in [2.45, 2.75) is 52.5 Å². The summed E-state index contributed by atoms with van der Waals surface area (Å²) < 4.78 is 13.2. The van der Waals surface area contributed by atoms with Crippen molar-refractivity contribution in [3.63, 3.8) is 0 Å². The van der Waals surface area contributed by atoms with Crippen molar-refractivity contribution < 1.29 is 19.1 Å². The van der Waals surface area contributed by atoms with Crippen LogP contribution in [0.2, 0.25) is 0 Å². The fourth-order valence-corrected chi connectivity index (χ4v) is 3.86. The summed E-state index contributed by atoms with van der Waals surface area (Å²) in [4.78, 5) is 27.4. The molecule has 1 heterocycles. The van der Waals surface area contributed by atoms with E-state index in [0.29, 0.717) is 13.0 Å². The van der Waals surface area contributed by atoms with Crippen LogP contribution in [0.4, 0.5) is 4.39 Å². The molecule has 2 aromatic rings. The quantitative estimate of drug-likeness (QED) is 0.687. The molecular formula is C26H30FNO3. The van der Waals surface area contributed by atoms with Gasteiger partial charge in [0.05, 0.1) is 11.6 Å². The lowest BCUT2D eigenvalue weighted by Gasteiger charge is -2.28. The number of rotatable bonds is 6. The molecule has 0 fully saturated rings. The van der Waals surface area contributed by atoms with Crippen molar-refractivity contribution in [1.82, 2.24) is 4.90 Å². The average molecular weight is 424 g/mol. The third-order valence-electron chi connectivity index (χ3n) is 5.74. The molecule has 1 N–H and O–H groups in total. The number of carbonyl (C=O) groups excluding carboxylic acids is 2. The van der Waals surface area contributed by atoms with Gasteiger partial charge < -0.3 is 10.0 Å². The molecule has 1 unspecified atom stereocenters. The van der Waals surface area contributed by atoms with Gasteiger partial charge in [0.2, 0.25) is 0 Å². The van der Waals surface area contributed by atoms with Gasteiger partial charge in [0, 0.05) is 12.5 Å². The second-order valence-corrected chi connectivity index (χ2v) is 9.43. The van der Waals surface area contributed by atoms with E-state index in [1.807, 2.05) is 24.3 Å². The zero-order valence-corrected chi connectivity index (χ0v) is 18.8. The predicted octanol–water partition coefficient (Wildman–Crippen LogP) is 5.29. The van der Waals surface area contributed by atoms with Crippen LogP contribution >= 0.6 is 0 Å². The molecule has 1 aliphatic rings. The van der Waals surface area contributed by atoms with E-state index in [4.69, 9.17) is 0 Å². The Bertz CT molecular complexity index is 998. The number of aliphatic hydroxyl groups excluding tert-OH is 1. The van der Waals surface area contributed by atoms with Gasteiger partial charge in [0.15, 0.2) is 11.5 Å². The highest BCUT2D eigenvalue weighted by Crippen LogP contribution is 2.39. The molecule has 4 nitrogen and oxygen atoms in total. The van der Waals surface area contributed by atoms with E-state index in [1.165, 1.54) is 12.1 Å². The topological polar surface area (TPSA) is 57.6 Å². The summed E-state index contributed by atoms with van der Waals surface area (Å²) in [5.74, 6) is -1.92. The molecule has 1 amide bonds. The fourth-order valence-electron chi connectivity index (χ4n) is 3.86. The molecule has 0 aliphatic carbocycles. The van der Waals surface area contributed by atoms with Gasteiger partial charge in [-0.2, -0.15) is 0 Å². The second-order valence-electron chi connectivity index (χ2n) is 9.43. The largest absolute Gasteiger partial charge is 0.503 e. The Labute approximate surface area is 183 Å². The summed E-state index contributed by atoms with van der Waals surface area (Å²) in [5, 5.41) is 10.6. The Hall–Kier alpha value is -2.95. The third kappa shape index (κ3) is 4.71. The van der Waals surface area contributed by atoms with E-state index in [0.717, 1.165) is 16.7 Å². The normalized spacial score (nSPS) is 17.1. The van der Waals surface area contributed by atoms with Crippen molar-refractivity contribution in [2.75, 3.05) is 6.54 Å². The lowest BCUT2D eigenvalue weighted by atomic mass is 9.85. The summed E-state index contributed by atoms with van der Waals surface area (Å²) >= 11 is 0. The second kappa shape index (κ2) is 8.66. The van der Waals surface area contributed by atoms with E-state index in [9.17, 15) is 19.1 Å². The Morgan fingerprint density at radius 1 is 1.06 bits per heavy atom. The number of ketones is 1. The Morgan fingerprint density at radius 2 is 1.65 bits per heavy atom. The molecule has 5 heteroatoms. The SMILES string of the molecule is CC(C)C(=O)C1=C(O)C(=O)N(CCc2ccc(F)cc2)C1c1ccc(C(C)(C)C)cc1. The number of nitrogens with zero attached hydrogens (tertiary/aromatic N) is 1. The van der Waals surface area contributed by atoms with Crippen LogP contribution in [-0.4, -0.2) is 28.2 Å². The lowest BCUT2D eigenvalue weighted by Crippen LogP contribution is -2.33. The van der Waals surface area contributed by atoms with Gasteiger partial charge in [-0.15, -0.1) is 0 Å². The van der Waals surface area contributed by atoms with Crippen LogP contribution in [0.15, 0.2) is 59.9 Å². The van der Waals surface area contributed by atoms with Crippen LogP contribution in [0, 0.1) is 11.7 Å². The Morgan fingerprint density at radius 3 is 2.16 bits per heavy atom. The molecule has 0 saturated carbocycles. The summed E-state index contributed by atoms with van der Waals surface area (Å²) in [6.45, 7) is 10.2. The van der Waals surface area contributed by atoms with Crippen LogP contribution in [0.5, 0.6) is 0 Å². The molecule has 0 spiro atoms. The number of Topliss-reactive ketones (excluding diaryl/α,β-unsaturated/α-hetero) is 1. The number of halogens is 1. The van der Waals surface area contributed by atoms with E-state index in [2.05, 4.69) is 20.8 Å². The van der Waals surface area contributed by atoms with Gasteiger partial charge in [0.1, 0.15) is 5.82 Å². The maximum atomic E-state index is 13.2. The molecule has 164 valence electrons. The molecule has 0 aromatic heterocycles. The standard InChI is InChI=1S/C26H30FNO3/c1-16(2)23(29)21-22(18-8-10-19(11-9-18)26(3,4)5)28(25(31)24(21)30)15-14-17-6-12-20(27)13-7-17/h6-13,16,22,30H,14-15H2,1-5H3. The first kappa shape index (κ1) is 22.7. The highest BCUT2D eigenvalue weighted by Gasteiger charge is 2.43. The van der Waals surface area contributed by atoms with E-state index in [1.54, 1.807) is 30.9 Å². The van der Waals surface area contributed by atoms with Crippen LogP contribution in [-0.2, 0) is 21.4 Å². The number of amides is 1. The van der Waals surface area contributed by atoms with Crippen LogP contribution < -0.4 is 0 Å². The molecule has 0 radical (unpaired) electrons. The summed E-state index contributed by atoms with van der Waals surface area (Å²) in [5.41, 5.74) is 2.93. The zero-order chi connectivity index (χ0) is 22.9. The van der Waals surface area contributed by atoms with Crippen molar-refractivity contribution in [3.8, 4) is 0 Å². The molecular weight excluding hydrogens is 393 g/mol. The van der Waals surface area contributed by atoms with Crippen LogP contribution in [0.3, 0.4) is 0 Å². The first-order valence-electron chi connectivity index (χ1n) is 10.6. The van der Waals surface area contributed by atoms with Gasteiger partial charge >= 0.3 is 0 Å². The summed E-state index contributed by atoms with van der Waals surface area (Å²) in [6, 6.07) is 13.3. The molecule has 1 atom stereocenters. The number of benzene rings is 2. The zero-order valence-electron chi connectivity index (χ0n) is 18.8. The van der Waals surface area contributed by atoms with E-state index >= 15 is 0 Å². The Kier molecular flexibility index (Phi) is 6.35.